The predicted molar refractivity (Wildman–Crippen MR) is 121 cm³/mol. The summed E-state index contributed by atoms with van der Waals surface area (Å²) in [5.41, 5.74) is 8.64. The van der Waals surface area contributed by atoms with E-state index in [9.17, 15) is 13.2 Å². The predicted octanol–water partition coefficient (Wildman–Crippen LogP) is 3.73. The maximum absolute atomic E-state index is 13.3. The standard InChI is InChI=1S/C24H31N3O3S/c1-3-27-23(28)26(17-18-9-11-21(12-10-18)31(2,29)30)22(25)24(27)15-13-20(14-16-24)19-7-5-4-6-8-19/h4-12,20,22H,3,13-17,25H2,1-2H3. The molecule has 1 unspecified atom stereocenters. The van der Waals surface area contributed by atoms with E-state index in [2.05, 4.69) is 24.3 Å². The number of hydrogen-bond donors (Lipinski definition) is 1. The van der Waals surface area contributed by atoms with Crippen LogP contribution >= 0.6 is 0 Å². The van der Waals surface area contributed by atoms with E-state index in [1.807, 2.05) is 17.9 Å². The minimum atomic E-state index is -3.25. The highest BCUT2D eigenvalue weighted by atomic mass is 32.2. The molecule has 31 heavy (non-hydrogen) atoms. The smallest absolute Gasteiger partial charge is 0.316 e. The highest BCUT2D eigenvalue weighted by Gasteiger charge is 2.55. The van der Waals surface area contributed by atoms with E-state index in [0.29, 0.717) is 19.0 Å². The second-order valence-corrected chi connectivity index (χ2v) is 10.8. The van der Waals surface area contributed by atoms with Gasteiger partial charge in [-0.25, -0.2) is 13.2 Å². The molecular weight excluding hydrogens is 410 g/mol. The van der Waals surface area contributed by atoms with E-state index < -0.39 is 9.84 Å². The van der Waals surface area contributed by atoms with Crippen molar-refractivity contribution >= 4 is 15.9 Å². The number of hydrogen-bond acceptors (Lipinski definition) is 4. The summed E-state index contributed by atoms with van der Waals surface area (Å²) < 4.78 is 23.4. The van der Waals surface area contributed by atoms with Crippen LogP contribution in [0.2, 0.25) is 0 Å². The number of rotatable bonds is 5. The van der Waals surface area contributed by atoms with Crippen LogP contribution in [-0.4, -0.2) is 48.8 Å². The zero-order valence-electron chi connectivity index (χ0n) is 18.2. The van der Waals surface area contributed by atoms with Crippen LogP contribution in [0.3, 0.4) is 0 Å². The summed E-state index contributed by atoms with van der Waals surface area (Å²) in [6.07, 6.45) is 4.60. The average molecular weight is 442 g/mol. The number of nitrogens with zero attached hydrogens (tertiary/aromatic N) is 2. The van der Waals surface area contributed by atoms with E-state index in [4.69, 9.17) is 5.73 Å². The number of sulfone groups is 1. The first kappa shape index (κ1) is 21.8. The molecule has 2 amide bonds. The number of nitrogens with two attached hydrogens (primary N) is 1. The van der Waals surface area contributed by atoms with Crippen molar-refractivity contribution < 1.29 is 13.2 Å². The molecule has 2 aromatic carbocycles. The Bertz CT molecular complexity index is 1030. The van der Waals surface area contributed by atoms with Crippen LogP contribution in [0.5, 0.6) is 0 Å². The van der Waals surface area contributed by atoms with Gasteiger partial charge in [-0.05, 0) is 61.8 Å². The maximum atomic E-state index is 13.3. The number of urea groups is 1. The van der Waals surface area contributed by atoms with Gasteiger partial charge in [0.05, 0.1) is 10.4 Å². The van der Waals surface area contributed by atoms with E-state index in [1.54, 1.807) is 29.2 Å². The summed E-state index contributed by atoms with van der Waals surface area (Å²) in [4.78, 5) is 17.3. The fourth-order valence-corrected chi connectivity index (χ4v) is 5.94. The van der Waals surface area contributed by atoms with Crippen molar-refractivity contribution in [3.05, 3.63) is 65.7 Å². The average Bonchev–Trinajstić information content (AvgIpc) is 2.95. The van der Waals surface area contributed by atoms with Crippen molar-refractivity contribution in [3.8, 4) is 0 Å². The third-order valence-electron chi connectivity index (χ3n) is 7.04. The summed E-state index contributed by atoms with van der Waals surface area (Å²) >= 11 is 0. The van der Waals surface area contributed by atoms with Crippen LogP contribution < -0.4 is 5.73 Å². The molecule has 2 N–H and O–H groups in total. The molecule has 1 saturated carbocycles. The third-order valence-corrected chi connectivity index (χ3v) is 8.17. The van der Waals surface area contributed by atoms with Gasteiger partial charge >= 0.3 is 6.03 Å². The highest BCUT2D eigenvalue weighted by molar-refractivity contribution is 7.90. The molecule has 0 radical (unpaired) electrons. The molecule has 6 nitrogen and oxygen atoms in total. The lowest BCUT2D eigenvalue weighted by Gasteiger charge is -2.44. The summed E-state index contributed by atoms with van der Waals surface area (Å²) in [7, 11) is -3.25. The molecule has 2 aromatic rings. The van der Waals surface area contributed by atoms with E-state index in [1.165, 1.54) is 11.8 Å². The van der Waals surface area contributed by atoms with Crippen LogP contribution in [-0.2, 0) is 16.4 Å². The molecule has 2 aliphatic rings. The van der Waals surface area contributed by atoms with E-state index in [0.717, 1.165) is 31.2 Å². The molecule has 1 saturated heterocycles. The zero-order chi connectivity index (χ0) is 22.2. The molecule has 1 aliphatic carbocycles. The summed E-state index contributed by atoms with van der Waals surface area (Å²) in [6, 6.07) is 17.3. The van der Waals surface area contributed by atoms with Crippen molar-refractivity contribution in [2.45, 2.75) is 61.7 Å². The van der Waals surface area contributed by atoms with Crippen LogP contribution in [0.1, 0.15) is 49.7 Å². The Morgan fingerprint density at radius 3 is 2.19 bits per heavy atom. The SMILES string of the molecule is CCN1C(=O)N(Cc2ccc(S(C)(=O)=O)cc2)C(N)C12CCC(c1ccccc1)CC2. The third kappa shape index (κ3) is 3.96. The molecule has 1 atom stereocenters. The van der Waals surface area contributed by atoms with Crippen molar-refractivity contribution in [1.82, 2.24) is 9.80 Å². The van der Waals surface area contributed by atoms with Gasteiger partial charge in [0.2, 0.25) is 0 Å². The maximum Gasteiger partial charge on any atom is 0.322 e. The first-order valence-electron chi connectivity index (χ1n) is 10.9. The normalized spacial score (nSPS) is 26.6. The molecule has 1 spiro atoms. The Kier molecular flexibility index (Phi) is 5.83. The van der Waals surface area contributed by atoms with Crippen LogP contribution in [0.4, 0.5) is 4.79 Å². The molecule has 7 heteroatoms. The first-order valence-corrected chi connectivity index (χ1v) is 12.8. The topological polar surface area (TPSA) is 83.7 Å². The fourth-order valence-electron chi connectivity index (χ4n) is 5.31. The number of carbonyl (C=O) groups excluding carboxylic acids is 1. The molecule has 0 aromatic heterocycles. The Labute approximate surface area is 185 Å². The monoisotopic (exact) mass is 441 g/mol. The van der Waals surface area contributed by atoms with Crippen molar-refractivity contribution in [3.63, 3.8) is 0 Å². The van der Waals surface area contributed by atoms with Crippen molar-refractivity contribution in [2.75, 3.05) is 12.8 Å². The zero-order valence-corrected chi connectivity index (χ0v) is 19.0. The van der Waals surface area contributed by atoms with Gasteiger partial charge in [-0.3, -0.25) is 0 Å². The number of amides is 2. The highest BCUT2D eigenvalue weighted by Crippen LogP contribution is 2.46. The Morgan fingerprint density at radius 1 is 1.03 bits per heavy atom. The molecular formula is C24H31N3O3S. The molecule has 1 heterocycles. The lowest BCUT2D eigenvalue weighted by Crippen LogP contribution is -2.57. The molecule has 4 rings (SSSR count). The second kappa shape index (κ2) is 8.28. The fraction of sp³-hybridized carbons (Fsp3) is 0.458. The van der Waals surface area contributed by atoms with E-state index in [-0.39, 0.29) is 22.6 Å². The van der Waals surface area contributed by atoms with Gasteiger partial charge in [0.25, 0.3) is 0 Å². The lowest BCUT2D eigenvalue weighted by molar-refractivity contribution is 0.0846. The molecule has 0 bridgehead atoms. The van der Waals surface area contributed by atoms with Gasteiger partial charge in [0, 0.05) is 19.3 Å². The Hall–Kier alpha value is -2.38. The van der Waals surface area contributed by atoms with Gasteiger partial charge in [-0.15, -0.1) is 0 Å². The van der Waals surface area contributed by atoms with Crippen LogP contribution in [0.25, 0.3) is 0 Å². The number of carbonyl (C=O) groups is 1. The van der Waals surface area contributed by atoms with Crippen molar-refractivity contribution in [1.29, 1.82) is 0 Å². The Balaban J connectivity index is 1.52. The largest absolute Gasteiger partial charge is 0.322 e. The van der Waals surface area contributed by atoms with Gasteiger partial charge in [-0.1, -0.05) is 42.5 Å². The van der Waals surface area contributed by atoms with Crippen LogP contribution in [0, 0.1) is 0 Å². The van der Waals surface area contributed by atoms with E-state index >= 15 is 0 Å². The van der Waals surface area contributed by atoms with Gasteiger partial charge < -0.3 is 15.5 Å². The molecule has 1 aliphatic heterocycles. The number of likely N-dealkylation sites (N-methyl/N-ethyl adjacent to an activating group) is 1. The number of benzene rings is 2. The summed E-state index contributed by atoms with van der Waals surface area (Å²) in [5.74, 6) is 0.505. The summed E-state index contributed by atoms with van der Waals surface area (Å²) in [5, 5.41) is 0. The first-order chi connectivity index (χ1) is 14.8. The second-order valence-electron chi connectivity index (χ2n) is 8.80. The van der Waals surface area contributed by atoms with Gasteiger partial charge in [-0.2, -0.15) is 0 Å². The minimum Gasteiger partial charge on any atom is -0.316 e. The molecule has 2 fully saturated rings. The van der Waals surface area contributed by atoms with Gasteiger partial charge in [0.15, 0.2) is 9.84 Å². The van der Waals surface area contributed by atoms with Gasteiger partial charge in [0.1, 0.15) is 6.17 Å². The lowest BCUT2D eigenvalue weighted by atomic mass is 9.72. The molecule has 166 valence electrons. The minimum absolute atomic E-state index is 0.0275. The van der Waals surface area contributed by atoms with Crippen LogP contribution in [0.15, 0.2) is 59.5 Å². The van der Waals surface area contributed by atoms with Crippen molar-refractivity contribution in [2.24, 2.45) is 5.73 Å². The Morgan fingerprint density at radius 2 is 1.65 bits per heavy atom. The quantitative estimate of drug-likeness (QED) is 0.766. The summed E-state index contributed by atoms with van der Waals surface area (Å²) in [6.45, 7) is 3.02.